The normalized spacial score (nSPS) is 19.1. The number of amides is 1. The van der Waals surface area contributed by atoms with Crippen LogP contribution in [0.15, 0.2) is 64.5 Å². The molecular weight excluding hydrogens is 466 g/mol. The van der Waals surface area contributed by atoms with Crippen molar-refractivity contribution in [2.75, 3.05) is 39.4 Å². The van der Waals surface area contributed by atoms with Crippen molar-refractivity contribution in [1.29, 1.82) is 0 Å². The fraction of sp³-hybridized carbons (Fsp3) is 0.346. The van der Waals surface area contributed by atoms with E-state index in [2.05, 4.69) is 9.88 Å². The van der Waals surface area contributed by atoms with Gasteiger partial charge in [0.25, 0.3) is 5.91 Å². The number of morpholine rings is 1. The van der Waals surface area contributed by atoms with Crippen molar-refractivity contribution in [3.05, 3.63) is 76.4 Å². The number of Topliss-reactive ketones (excluding diaryl/α,β-unsaturated/α-hetero) is 1. The molecule has 8 nitrogen and oxygen atoms in total. The Hall–Kier alpha value is -3.27. The number of carbonyl (C=O) groups excluding carboxylic acids is 2. The third-order valence-electron chi connectivity index (χ3n) is 6.36. The van der Waals surface area contributed by atoms with Crippen LogP contribution in [0.4, 0.5) is 0 Å². The molecule has 1 aromatic carbocycles. The van der Waals surface area contributed by atoms with Gasteiger partial charge in [-0.25, -0.2) is 4.98 Å². The molecule has 3 aromatic rings. The summed E-state index contributed by atoms with van der Waals surface area (Å²) in [7, 11) is 0. The Morgan fingerprint density at radius 2 is 1.91 bits per heavy atom. The molecule has 0 saturated carbocycles. The number of hydrogen-bond acceptors (Lipinski definition) is 8. The van der Waals surface area contributed by atoms with Crippen molar-refractivity contribution in [3.63, 3.8) is 0 Å². The van der Waals surface area contributed by atoms with Gasteiger partial charge in [-0.05, 0) is 25.5 Å². The van der Waals surface area contributed by atoms with Crippen LogP contribution in [0.2, 0.25) is 0 Å². The number of aliphatic hydroxyl groups is 1. The summed E-state index contributed by atoms with van der Waals surface area (Å²) in [6.07, 6.45) is 2.21. The van der Waals surface area contributed by atoms with Gasteiger partial charge in [0.1, 0.15) is 16.8 Å². The number of aryl methyl sites for hydroxylation is 1. The minimum atomic E-state index is -0.781. The Labute approximate surface area is 207 Å². The summed E-state index contributed by atoms with van der Waals surface area (Å²) in [5, 5.41) is 11.6. The minimum Gasteiger partial charge on any atom is -0.503 e. The molecule has 0 radical (unpaired) electrons. The number of benzene rings is 1. The van der Waals surface area contributed by atoms with Crippen molar-refractivity contribution < 1.29 is 23.8 Å². The zero-order chi connectivity index (χ0) is 24.4. The number of furan rings is 1. The smallest absolute Gasteiger partial charge is 0.290 e. The molecule has 0 bridgehead atoms. The Morgan fingerprint density at radius 1 is 1.14 bits per heavy atom. The second-order valence-electron chi connectivity index (χ2n) is 8.62. The van der Waals surface area contributed by atoms with E-state index >= 15 is 0 Å². The summed E-state index contributed by atoms with van der Waals surface area (Å²) in [5.41, 5.74) is 1.52. The molecule has 9 heteroatoms. The maximum atomic E-state index is 13.8. The SMILES string of the molecule is Cc1nc(-c2ccccc2)sc1C(=O)C1=C(O)C(=O)N(CCCN2CCOCC2)[C@@H]1c1ccco1. The second kappa shape index (κ2) is 10.2. The van der Waals surface area contributed by atoms with E-state index in [4.69, 9.17) is 9.15 Å². The number of hydrogen-bond donors (Lipinski definition) is 1. The van der Waals surface area contributed by atoms with Crippen molar-refractivity contribution in [1.82, 2.24) is 14.8 Å². The van der Waals surface area contributed by atoms with E-state index in [0.717, 1.165) is 25.2 Å². The summed E-state index contributed by atoms with van der Waals surface area (Å²) in [5.74, 6) is -1.02. The Morgan fingerprint density at radius 3 is 2.63 bits per heavy atom. The van der Waals surface area contributed by atoms with E-state index in [-0.39, 0.29) is 5.57 Å². The Balaban J connectivity index is 1.41. The van der Waals surface area contributed by atoms with Crippen molar-refractivity contribution in [2.45, 2.75) is 19.4 Å². The van der Waals surface area contributed by atoms with E-state index in [1.165, 1.54) is 22.5 Å². The highest BCUT2D eigenvalue weighted by Gasteiger charge is 2.45. The van der Waals surface area contributed by atoms with Gasteiger partial charge in [0.15, 0.2) is 5.76 Å². The number of ether oxygens (including phenoxy) is 1. The number of aromatic nitrogens is 1. The molecule has 2 aliphatic rings. The monoisotopic (exact) mass is 493 g/mol. The van der Waals surface area contributed by atoms with Gasteiger partial charge in [0.05, 0.1) is 35.6 Å². The average Bonchev–Trinajstić information content (AvgIpc) is 3.60. The zero-order valence-corrected chi connectivity index (χ0v) is 20.3. The molecule has 0 unspecified atom stereocenters. The molecule has 182 valence electrons. The lowest BCUT2D eigenvalue weighted by atomic mass is 9.99. The highest BCUT2D eigenvalue weighted by Crippen LogP contribution is 2.41. The van der Waals surface area contributed by atoms with Gasteiger partial charge in [-0.15, -0.1) is 11.3 Å². The molecule has 2 aliphatic heterocycles. The van der Waals surface area contributed by atoms with Crippen LogP contribution in [-0.4, -0.2) is 71.0 Å². The van der Waals surface area contributed by atoms with Gasteiger partial charge in [0, 0.05) is 31.7 Å². The third-order valence-corrected chi connectivity index (χ3v) is 7.57. The first kappa shape index (κ1) is 23.5. The first-order valence-electron chi connectivity index (χ1n) is 11.7. The van der Waals surface area contributed by atoms with E-state index in [1.807, 2.05) is 30.3 Å². The molecule has 1 saturated heterocycles. The molecule has 0 spiro atoms. The fourth-order valence-corrected chi connectivity index (χ4v) is 5.61. The van der Waals surface area contributed by atoms with E-state index in [1.54, 1.807) is 19.1 Å². The third kappa shape index (κ3) is 4.67. The molecule has 0 aliphatic carbocycles. The maximum absolute atomic E-state index is 13.8. The summed E-state index contributed by atoms with van der Waals surface area (Å²) in [4.78, 5) is 35.7. The highest BCUT2D eigenvalue weighted by atomic mass is 32.1. The largest absolute Gasteiger partial charge is 0.503 e. The Bertz CT molecular complexity index is 1230. The fourth-order valence-electron chi connectivity index (χ4n) is 4.58. The maximum Gasteiger partial charge on any atom is 0.290 e. The number of carbonyl (C=O) groups is 2. The standard InChI is InChI=1S/C26H27N3O5S/c1-17-24(35-25(27-17)18-7-3-2-4-8-18)22(30)20-21(19-9-5-14-34-19)29(26(32)23(20)31)11-6-10-28-12-15-33-16-13-28/h2-5,7-9,14,21,31H,6,10-13,15-16H2,1H3/t21-/m1/s1. The zero-order valence-electron chi connectivity index (χ0n) is 19.5. The molecule has 4 heterocycles. The van der Waals surface area contributed by atoms with Gasteiger partial charge >= 0.3 is 0 Å². The topological polar surface area (TPSA) is 96.1 Å². The van der Waals surface area contributed by atoms with Gasteiger partial charge < -0.3 is 19.2 Å². The summed E-state index contributed by atoms with van der Waals surface area (Å²) in [6, 6.07) is 12.3. The summed E-state index contributed by atoms with van der Waals surface area (Å²) < 4.78 is 11.0. The molecule has 1 atom stereocenters. The number of nitrogens with zero attached hydrogens (tertiary/aromatic N) is 3. The van der Waals surface area contributed by atoms with Crippen LogP contribution in [0.5, 0.6) is 0 Å². The predicted octanol–water partition coefficient (Wildman–Crippen LogP) is 4.01. The van der Waals surface area contributed by atoms with Crippen LogP contribution in [0.3, 0.4) is 0 Å². The number of aliphatic hydroxyl groups excluding tert-OH is 1. The first-order chi connectivity index (χ1) is 17.0. The average molecular weight is 494 g/mol. The summed E-state index contributed by atoms with van der Waals surface area (Å²) in [6.45, 7) is 6.09. The number of ketones is 1. The van der Waals surface area contributed by atoms with E-state index in [0.29, 0.717) is 47.5 Å². The van der Waals surface area contributed by atoms with Gasteiger partial charge in [-0.2, -0.15) is 0 Å². The molecule has 1 amide bonds. The molecule has 1 N–H and O–H groups in total. The number of thiazole rings is 1. The van der Waals surface area contributed by atoms with Crippen LogP contribution in [-0.2, 0) is 9.53 Å². The lowest BCUT2D eigenvalue weighted by Gasteiger charge is -2.29. The van der Waals surface area contributed by atoms with Crippen molar-refractivity contribution in [3.8, 4) is 10.6 Å². The predicted molar refractivity (Wildman–Crippen MR) is 131 cm³/mol. The van der Waals surface area contributed by atoms with Crippen LogP contribution in [0, 0.1) is 6.92 Å². The summed E-state index contributed by atoms with van der Waals surface area (Å²) >= 11 is 1.26. The Kier molecular flexibility index (Phi) is 6.81. The van der Waals surface area contributed by atoms with Crippen molar-refractivity contribution >= 4 is 23.0 Å². The van der Waals surface area contributed by atoms with E-state index in [9.17, 15) is 14.7 Å². The minimum absolute atomic E-state index is 0.0442. The van der Waals surface area contributed by atoms with Crippen LogP contribution < -0.4 is 0 Å². The van der Waals surface area contributed by atoms with Crippen LogP contribution in [0.25, 0.3) is 10.6 Å². The molecule has 5 rings (SSSR count). The molecule has 1 fully saturated rings. The molecule has 2 aromatic heterocycles. The van der Waals surface area contributed by atoms with Crippen LogP contribution in [0.1, 0.15) is 33.6 Å². The van der Waals surface area contributed by atoms with Gasteiger partial charge in [-0.3, -0.25) is 14.5 Å². The molecule has 35 heavy (non-hydrogen) atoms. The highest BCUT2D eigenvalue weighted by molar-refractivity contribution is 7.17. The van der Waals surface area contributed by atoms with Crippen LogP contribution >= 0.6 is 11.3 Å². The molecular formula is C26H27N3O5S. The number of rotatable bonds is 8. The van der Waals surface area contributed by atoms with E-state index < -0.39 is 23.5 Å². The quantitative estimate of drug-likeness (QED) is 0.474. The van der Waals surface area contributed by atoms with Gasteiger partial charge in [-0.1, -0.05) is 30.3 Å². The van der Waals surface area contributed by atoms with Gasteiger partial charge in [0.2, 0.25) is 5.78 Å². The lowest BCUT2D eigenvalue weighted by Crippen LogP contribution is -2.39. The second-order valence-corrected chi connectivity index (χ2v) is 9.61. The first-order valence-corrected chi connectivity index (χ1v) is 12.5. The lowest BCUT2D eigenvalue weighted by molar-refractivity contribution is -0.129. The van der Waals surface area contributed by atoms with Crippen molar-refractivity contribution in [2.24, 2.45) is 0 Å².